The van der Waals surface area contributed by atoms with Gasteiger partial charge in [0.05, 0.1) is 0 Å². The molecule has 0 bridgehead atoms. The van der Waals surface area contributed by atoms with Crippen molar-refractivity contribution in [3.05, 3.63) is 5.82 Å². The summed E-state index contributed by atoms with van der Waals surface area (Å²) in [6.07, 6.45) is 4.78. The van der Waals surface area contributed by atoms with Crippen LogP contribution in [0.15, 0.2) is 0 Å². The molecule has 1 aromatic heterocycles. The summed E-state index contributed by atoms with van der Waals surface area (Å²) in [5.41, 5.74) is 0. The fraction of sp³-hybridized carbons (Fsp3) is 0.727. The molecule has 0 unspecified atom stereocenters. The highest BCUT2D eigenvalue weighted by Crippen LogP contribution is 2.40. The zero-order chi connectivity index (χ0) is 11.8. The summed E-state index contributed by atoms with van der Waals surface area (Å²) in [4.78, 5) is 17.2. The molecular weight excluding hydrogens is 238 g/mol. The lowest BCUT2D eigenvalue weighted by Gasteiger charge is -2.18. The van der Waals surface area contributed by atoms with Gasteiger partial charge in [-0.15, -0.1) is 0 Å². The smallest absolute Gasteiger partial charge is 0.323 e. The molecule has 17 heavy (non-hydrogen) atoms. The Balaban J connectivity index is 1.72. The first-order valence-corrected chi connectivity index (χ1v) is 6.80. The van der Waals surface area contributed by atoms with Crippen LogP contribution in [0, 0.1) is 5.92 Å². The lowest BCUT2D eigenvalue weighted by atomic mass is 10.4. The SMILES string of the molecule is O=C(O)CN(CC1CC1)c1nc(C2CC2)ns1. The highest BCUT2D eigenvalue weighted by Gasteiger charge is 2.30. The third-order valence-corrected chi connectivity index (χ3v) is 3.94. The van der Waals surface area contributed by atoms with Crippen LogP contribution in [0.5, 0.6) is 0 Å². The van der Waals surface area contributed by atoms with E-state index in [4.69, 9.17) is 5.11 Å². The van der Waals surface area contributed by atoms with Crippen LogP contribution in [0.4, 0.5) is 5.13 Å². The van der Waals surface area contributed by atoms with Crippen molar-refractivity contribution in [3.8, 4) is 0 Å². The van der Waals surface area contributed by atoms with Crippen LogP contribution in [0.1, 0.15) is 37.4 Å². The number of nitrogens with zero attached hydrogens (tertiary/aromatic N) is 3. The first-order valence-electron chi connectivity index (χ1n) is 6.02. The molecule has 0 spiro atoms. The summed E-state index contributed by atoms with van der Waals surface area (Å²) >= 11 is 1.34. The Morgan fingerprint density at radius 1 is 1.41 bits per heavy atom. The van der Waals surface area contributed by atoms with Gasteiger partial charge < -0.3 is 10.0 Å². The van der Waals surface area contributed by atoms with E-state index in [1.807, 2.05) is 4.90 Å². The Hall–Kier alpha value is -1.17. The van der Waals surface area contributed by atoms with Gasteiger partial charge in [0.2, 0.25) is 5.13 Å². The van der Waals surface area contributed by atoms with Gasteiger partial charge in [-0.1, -0.05) is 0 Å². The van der Waals surface area contributed by atoms with Gasteiger partial charge in [-0.3, -0.25) is 4.79 Å². The summed E-state index contributed by atoms with van der Waals surface area (Å²) in [6.45, 7) is 0.849. The minimum absolute atomic E-state index is 0.0375. The third-order valence-electron chi connectivity index (χ3n) is 3.15. The average molecular weight is 253 g/mol. The number of rotatable bonds is 6. The second-order valence-electron chi connectivity index (χ2n) is 4.93. The maximum Gasteiger partial charge on any atom is 0.323 e. The van der Waals surface area contributed by atoms with Crippen molar-refractivity contribution < 1.29 is 9.90 Å². The molecule has 0 saturated heterocycles. The predicted octanol–water partition coefficient (Wildman–Crippen LogP) is 1.72. The van der Waals surface area contributed by atoms with Gasteiger partial charge in [0.1, 0.15) is 12.4 Å². The van der Waals surface area contributed by atoms with E-state index in [1.165, 1.54) is 37.2 Å². The Bertz CT molecular complexity index is 426. The number of aliphatic carboxylic acids is 1. The molecule has 0 atom stereocenters. The van der Waals surface area contributed by atoms with Gasteiger partial charge in [0, 0.05) is 24.0 Å². The van der Waals surface area contributed by atoms with Crippen LogP contribution in [0.25, 0.3) is 0 Å². The molecule has 0 radical (unpaired) electrons. The van der Waals surface area contributed by atoms with Crippen molar-refractivity contribution in [1.82, 2.24) is 9.36 Å². The monoisotopic (exact) mass is 253 g/mol. The lowest BCUT2D eigenvalue weighted by molar-refractivity contribution is -0.135. The Morgan fingerprint density at radius 2 is 2.18 bits per heavy atom. The number of hydrogen-bond donors (Lipinski definition) is 1. The van der Waals surface area contributed by atoms with Gasteiger partial charge in [0.25, 0.3) is 0 Å². The molecule has 1 N–H and O–H groups in total. The highest BCUT2D eigenvalue weighted by molar-refractivity contribution is 7.09. The number of anilines is 1. The van der Waals surface area contributed by atoms with Crippen LogP contribution in [0.2, 0.25) is 0 Å². The Kier molecular flexibility index (Phi) is 2.74. The standard InChI is InChI=1S/C11H15N3O2S/c15-9(16)6-14(5-7-1-2-7)11-12-10(13-17-11)8-3-4-8/h7-8H,1-6H2,(H,15,16). The summed E-state index contributed by atoms with van der Waals surface area (Å²) < 4.78 is 4.33. The molecule has 5 nitrogen and oxygen atoms in total. The molecule has 0 aromatic carbocycles. The van der Waals surface area contributed by atoms with Crippen molar-refractivity contribution in [2.24, 2.45) is 5.92 Å². The fourth-order valence-electron chi connectivity index (χ4n) is 1.85. The van der Waals surface area contributed by atoms with E-state index in [-0.39, 0.29) is 6.54 Å². The van der Waals surface area contributed by atoms with Crippen molar-refractivity contribution >= 4 is 22.6 Å². The molecule has 2 aliphatic rings. The van der Waals surface area contributed by atoms with E-state index in [1.54, 1.807) is 0 Å². The fourth-order valence-corrected chi connectivity index (χ4v) is 2.60. The van der Waals surface area contributed by atoms with Gasteiger partial charge in [-0.05, 0) is 31.6 Å². The summed E-state index contributed by atoms with van der Waals surface area (Å²) in [5.74, 6) is 1.31. The van der Waals surface area contributed by atoms with Crippen molar-refractivity contribution in [2.45, 2.75) is 31.6 Å². The summed E-state index contributed by atoms with van der Waals surface area (Å²) in [5, 5.41) is 9.70. The van der Waals surface area contributed by atoms with Crippen LogP contribution in [-0.2, 0) is 4.79 Å². The van der Waals surface area contributed by atoms with Gasteiger partial charge in [-0.25, -0.2) is 4.98 Å². The summed E-state index contributed by atoms with van der Waals surface area (Å²) in [7, 11) is 0. The van der Waals surface area contributed by atoms with E-state index in [2.05, 4.69) is 9.36 Å². The maximum atomic E-state index is 10.9. The molecule has 2 fully saturated rings. The van der Waals surface area contributed by atoms with Gasteiger partial charge >= 0.3 is 5.97 Å². The molecule has 0 aliphatic heterocycles. The van der Waals surface area contributed by atoms with Crippen molar-refractivity contribution in [3.63, 3.8) is 0 Å². The van der Waals surface area contributed by atoms with Crippen LogP contribution >= 0.6 is 11.5 Å². The van der Waals surface area contributed by atoms with E-state index in [9.17, 15) is 4.79 Å². The van der Waals surface area contributed by atoms with Crippen molar-refractivity contribution in [1.29, 1.82) is 0 Å². The van der Waals surface area contributed by atoms with Crippen molar-refractivity contribution in [2.75, 3.05) is 18.0 Å². The second kappa shape index (κ2) is 4.25. The van der Waals surface area contributed by atoms with Crippen LogP contribution in [0.3, 0.4) is 0 Å². The minimum atomic E-state index is -0.797. The normalized spacial score (nSPS) is 19.3. The predicted molar refractivity (Wildman–Crippen MR) is 64.5 cm³/mol. The minimum Gasteiger partial charge on any atom is -0.480 e. The average Bonchev–Trinajstić information content (AvgIpc) is 3.19. The van der Waals surface area contributed by atoms with E-state index >= 15 is 0 Å². The van der Waals surface area contributed by atoms with Crippen LogP contribution in [-0.4, -0.2) is 33.5 Å². The number of carboxylic acid groups (broad SMARTS) is 1. The van der Waals surface area contributed by atoms with Gasteiger partial charge in [0.15, 0.2) is 0 Å². The lowest BCUT2D eigenvalue weighted by Crippen LogP contribution is -2.31. The molecule has 3 rings (SSSR count). The maximum absolute atomic E-state index is 10.9. The molecule has 1 aromatic rings. The Labute approximate surface area is 104 Å². The molecule has 1 heterocycles. The first kappa shape index (κ1) is 11.0. The zero-order valence-electron chi connectivity index (χ0n) is 9.50. The first-order chi connectivity index (χ1) is 8.22. The zero-order valence-corrected chi connectivity index (χ0v) is 10.3. The topological polar surface area (TPSA) is 66.3 Å². The van der Waals surface area contributed by atoms with Crippen LogP contribution < -0.4 is 4.90 Å². The molecule has 2 aliphatic carbocycles. The number of carboxylic acids is 1. The van der Waals surface area contributed by atoms with Gasteiger partial charge in [-0.2, -0.15) is 4.37 Å². The largest absolute Gasteiger partial charge is 0.480 e. The number of aromatic nitrogens is 2. The number of hydrogen-bond acceptors (Lipinski definition) is 5. The Morgan fingerprint density at radius 3 is 2.76 bits per heavy atom. The molecule has 6 heteroatoms. The quantitative estimate of drug-likeness (QED) is 0.836. The van der Waals surface area contributed by atoms with E-state index in [0.717, 1.165) is 17.5 Å². The molecular formula is C11H15N3O2S. The second-order valence-corrected chi connectivity index (χ2v) is 5.66. The third kappa shape index (κ3) is 2.74. The molecule has 92 valence electrons. The molecule has 2 saturated carbocycles. The number of carbonyl (C=O) groups is 1. The summed E-state index contributed by atoms with van der Waals surface area (Å²) in [6, 6.07) is 0. The molecule has 0 amide bonds. The highest BCUT2D eigenvalue weighted by atomic mass is 32.1. The van der Waals surface area contributed by atoms with E-state index in [0.29, 0.717) is 11.8 Å². The van der Waals surface area contributed by atoms with E-state index < -0.39 is 5.97 Å².